The van der Waals surface area contributed by atoms with Crippen molar-refractivity contribution in [3.63, 3.8) is 0 Å². The molecule has 2 N–H and O–H groups in total. The van der Waals surface area contributed by atoms with E-state index in [9.17, 15) is 4.79 Å². The topological polar surface area (TPSA) is 44.4 Å². The Labute approximate surface area is 93.4 Å². The molecule has 4 heteroatoms. The molecule has 2 atom stereocenters. The van der Waals surface area contributed by atoms with Gasteiger partial charge in [-0.1, -0.05) is 6.92 Å². The summed E-state index contributed by atoms with van der Waals surface area (Å²) in [5.41, 5.74) is 0. The fourth-order valence-corrected chi connectivity index (χ4v) is 1.15. The Morgan fingerprint density at radius 2 is 2.00 bits per heavy atom. The number of hydrogen-bond acceptors (Lipinski definition) is 3. The van der Waals surface area contributed by atoms with E-state index >= 15 is 0 Å². The van der Waals surface area contributed by atoms with Crippen LogP contribution in [-0.2, 0) is 4.79 Å². The van der Waals surface area contributed by atoms with E-state index in [0.29, 0.717) is 0 Å². The minimum atomic E-state index is -0.0626. The van der Waals surface area contributed by atoms with Crippen molar-refractivity contribution in [3.8, 4) is 0 Å². The number of nitrogens with one attached hydrogen (secondary N) is 2. The number of likely N-dealkylation sites (N-methyl/N-ethyl adjacent to an activating group) is 2. The van der Waals surface area contributed by atoms with Gasteiger partial charge in [-0.15, -0.1) is 0 Å². The van der Waals surface area contributed by atoms with Gasteiger partial charge in [0.1, 0.15) is 0 Å². The molecule has 4 nitrogen and oxygen atoms in total. The highest BCUT2D eigenvalue weighted by atomic mass is 16.2. The van der Waals surface area contributed by atoms with Crippen LogP contribution in [0.5, 0.6) is 0 Å². The summed E-state index contributed by atoms with van der Waals surface area (Å²) in [5.74, 6) is 0.114. The molecule has 0 aromatic heterocycles. The highest BCUT2D eigenvalue weighted by Gasteiger charge is 2.18. The summed E-state index contributed by atoms with van der Waals surface area (Å²) in [4.78, 5) is 13.8. The first-order chi connectivity index (χ1) is 7.02. The van der Waals surface area contributed by atoms with Gasteiger partial charge in [-0.25, -0.2) is 0 Å². The van der Waals surface area contributed by atoms with Gasteiger partial charge in [0.15, 0.2) is 0 Å². The van der Waals surface area contributed by atoms with Crippen molar-refractivity contribution < 1.29 is 4.79 Å². The number of hydrogen-bond donors (Lipinski definition) is 2. The first-order valence-electron chi connectivity index (χ1n) is 5.68. The molecule has 2 unspecified atom stereocenters. The third-order valence-corrected chi connectivity index (χ3v) is 2.76. The van der Waals surface area contributed by atoms with Crippen LogP contribution in [0.4, 0.5) is 0 Å². The second kappa shape index (κ2) is 7.65. The van der Waals surface area contributed by atoms with Crippen LogP contribution in [-0.4, -0.2) is 50.1 Å². The predicted molar refractivity (Wildman–Crippen MR) is 63.9 cm³/mol. The lowest BCUT2D eigenvalue weighted by Crippen LogP contribution is -2.47. The molecule has 0 aliphatic rings. The molecule has 0 rings (SSSR count). The lowest BCUT2D eigenvalue weighted by molar-refractivity contribution is -0.126. The van der Waals surface area contributed by atoms with Crippen LogP contribution in [0.3, 0.4) is 0 Å². The van der Waals surface area contributed by atoms with E-state index in [1.165, 1.54) is 0 Å². The van der Waals surface area contributed by atoms with E-state index in [0.717, 1.165) is 19.5 Å². The first kappa shape index (κ1) is 14.4. The Morgan fingerprint density at radius 3 is 2.47 bits per heavy atom. The predicted octanol–water partition coefficient (Wildman–Crippen LogP) is 0.441. The van der Waals surface area contributed by atoms with E-state index in [1.807, 2.05) is 32.8 Å². The summed E-state index contributed by atoms with van der Waals surface area (Å²) in [6.07, 6.45) is 0.971. The van der Waals surface area contributed by atoms with E-state index in [1.54, 1.807) is 0 Å². The zero-order valence-electron chi connectivity index (χ0n) is 10.6. The summed E-state index contributed by atoms with van der Waals surface area (Å²) in [6.45, 7) is 7.81. The van der Waals surface area contributed by atoms with Crippen molar-refractivity contribution in [1.29, 1.82) is 0 Å². The van der Waals surface area contributed by atoms with Crippen LogP contribution in [0.1, 0.15) is 27.2 Å². The Balaban J connectivity index is 3.95. The van der Waals surface area contributed by atoms with Gasteiger partial charge in [-0.05, 0) is 34.4 Å². The van der Waals surface area contributed by atoms with E-state index in [2.05, 4.69) is 17.6 Å². The molecule has 0 fully saturated rings. The summed E-state index contributed by atoms with van der Waals surface area (Å²) in [5, 5.41) is 6.06. The maximum atomic E-state index is 11.7. The molecule has 15 heavy (non-hydrogen) atoms. The third kappa shape index (κ3) is 5.74. The number of rotatable bonds is 7. The number of carbonyl (C=O) groups excluding carboxylic acids is 1. The van der Waals surface area contributed by atoms with Gasteiger partial charge in [-0.3, -0.25) is 9.69 Å². The van der Waals surface area contributed by atoms with Crippen molar-refractivity contribution >= 4 is 5.91 Å². The minimum absolute atomic E-state index is 0.0626. The van der Waals surface area contributed by atoms with Crippen molar-refractivity contribution in [1.82, 2.24) is 15.5 Å². The lowest BCUT2D eigenvalue weighted by atomic mass is 10.2. The molecule has 1 amide bonds. The van der Waals surface area contributed by atoms with Crippen LogP contribution in [0.15, 0.2) is 0 Å². The highest BCUT2D eigenvalue weighted by molar-refractivity contribution is 5.81. The van der Waals surface area contributed by atoms with Crippen molar-refractivity contribution in [2.24, 2.45) is 0 Å². The number of carbonyl (C=O) groups is 1. The average Bonchev–Trinajstić information content (AvgIpc) is 2.24. The van der Waals surface area contributed by atoms with Gasteiger partial charge in [0.25, 0.3) is 0 Å². The first-order valence-corrected chi connectivity index (χ1v) is 5.68. The van der Waals surface area contributed by atoms with Crippen molar-refractivity contribution in [2.75, 3.05) is 27.2 Å². The fourth-order valence-electron chi connectivity index (χ4n) is 1.15. The normalized spacial score (nSPS) is 15.1. The molecule has 0 bridgehead atoms. The number of nitrogens with zero attached hydrogens (tertiary/aromatic N) is 1. The smallest absolute Gasteiger partial charge is 0.237 e. The fraction of sp³-hybridized carbons (Fsp3) is 0.909. The Hall–Kier alpha value is -0.610. The van der Waals surface area contributed by atoms with Gasteiger partial charge >= 0.3 is 0 Å². The lowest BCUT2D eigenvalue weighted by Gasteiger charge is -2.25. The SMILES string of the molecule is CCC(C)NC(=O)C(C)N(C)CCNC. The van der Waals surface area contributed by atoms with Crippen LogP contribution in [0.2, 0.25) is 0 Å². The van der Waals surface area contributed by atoms with Gasteiger partial charge in [-0.2, -0.15) is 0 Å². The van der Waals surface area contributed by atoms with Crippen LogP contribution in [0, 0.1) is 0 Å². The van der Waals surface area contributed by atoms with E-state index < -0.39 is 0 Å². The summed E-state index contributed by atoms with van der Waals surface area (Å²) in [7, 11) is 3.88. The minimum Gasteiger partial charge on any atom is -0.352 e. The Kier molecular flexibility index (Phi) is 7.34. The van der Waals surface area contributed by atoms with Gasteiger partial charge in [0.05, 0.1) is 6.04 Å². The van der Waals surface area contributed by atoms with E-state index in [4.69, 9.17) is 0 Å². The molecule has 0 aromatic carbocycles. The monoisotopic (exact) mass is 215 g/mol. The zero-order chi connectivity index (χ0) is 11.8. The molecule has 0 aliphatic carbocycles. The second-order valence-corrected chi connectivity index (χ2v) is 4.08. The largest absolute Gasteiger partial charge is 0.352 e. The molecule has 0 aromatic rings. The standard InChI is InChI=1S/C11H25N3O/c1-6-9(2)13-11(15)10(3)14(5)8-7-12-4/h9-10,12H,6-8H2,1-5H3,(H,13,15). The van der Waals surface area contributed by atoms with Crippen LogP contribution < -0.4 is 10.6 Å². The van der Waals surface area contributed by atoms with Crippen molar-refractivity contribution in [2.45, 2.75) is 39.3 Å². The maximum Gasteiger partial charge on any atom is 0.237 e. The van der Waals surface area contributed by atoms with Crippen LogP contribution >= 0.6 is 0 Å². The average molecular weight is 215 g/mol. The second-order valence-electron chi connectivity index (χ2n) is 4.08. The Bertz CT molecular complexity index is 185. The Morgan fingerprint density at radius 1 is 1.40 bits per heavy atom. The summed E-state index contributed by atoms with van der Waals surface area (Å²) >= 11 is 0. The highest BCUT2D eigenvalue weighted by Crippen LogP contribution is 1.97. The summed E-state index contributed by atoms with van der Waals surface area (Å²) < 4.78 is 0. The maximum absolute atomic E-state index is 11.7. The quantitative estimate of drug-likeness (QED) is 0.648. The van der Waals surface area contributed by atoms with E-state index in [-0.39, 0.29) is 18.0 Å². The van der Waals surface area contributed by atoms with Crippen LogP contribution in [0.25, 0.3) is 0 Å². The third-order valence-electron chi connectivity index (χ3n) is 2.76. The molecule has 0 saturated carbocycles. The zero-order valence-corrected chi connectivity index (χ0v) is 10.6. The number of amides is 1. The summed E-state index contributed by atoms with van der Waals surface area (Å²) in [6, 6.07) is 0.199. The molecule has 0 heterocycles. The molecule has 0 spiro atoms. The molecule has 0 radical (unpaired) electrons. The van der Waals surface area contributed by atoms with Gasteiger partial charge in [0, 0.05) is 19.1 Å². The molecule has 0 saturated heterocycles. The van der Waals surface area contributed by atoms with Gasteiger partial charge in [0.2, 0.25) is 5.91 Å². The van der Waals surface area contributed by atoms with Gasteiger partial charge < -0.3 is 10.6 Å². The molecule has 90 valence electrons. The molecular formula is C11H25N3O. The van der Waals surface area contributed by atoms with Crippen molar-refractivity contribution in [3.05, 3.63) is 0 Å². The molecule has 0 aliphatic heterocycles. The molecular weight excluding hydrogens is 190 g/mol.